The van der Waals surface area contributed by atoms with Crippen molar-refractivity contribution in [1.82, 2.24) is 10.1 Å². The van der Waals surface area contributed by atoms with Crippen LogP contribution in [0.2, 0.25) is 0 Å². The van der Waals surface area contributed by atoms with Gasteiger partial charge in [-0.2, -0.15) is 0 Å². The Morgan fingerprint density at radius 2 is 1.86 bits per heavy atom. The molecule has 0 saturated carbocycles. The molecule has 0 aliphatic rings. The maximum Gasteiger partial charge on any atom is 0.257 e. The standard InChI is InChI=1S/C22H19N3O2S/c1-13-5-4-6-14(2)21(13)22(26)25-20-8-7-16(12-23-20)17-11-19(28-15(17)3)18-9-10-24-27-18/h4-12H,1-3H3,(H,23,25,26). The highest BCUT2D eigenvalue weighted by molar-refractivity contribution is 7.15. The summed E-state index contributed by atoms with van der Waals surface area (Å²) in [6.45, 7) is 5.93. The van der Waals surface area contributed by atoms with E-state index >= 15 is 0 Å². The third kappa shape index (κ3) is 3.46. The fourth-order valence-corrected chi connectivity index (χ4v) is 4.21. The number of hydrogen-bond acceptors (Lipinski definition) is 5. The van der Waals surface area contributed by atoms with Gasteiger partial charge < -0.3 is 9.84 Å². The lowest BCUT2D eigenvalue weighted by Crippen LogP contribution is -2.15. The van der Waals surface area contributed by atoms with E-state index in [1.807, 2.05) is 50.2 Å². The van der Waals surface area contributed by atoms with Crippen molar-refractivity contribution in [3.05, 3.63) is 76.4 Å². The predicted octanol–water partition coefficient (Wildman–Crippen LogP) is 5.64. The van der Waals surface area contributed by atoms with Crippen LogP contribution in [0.1, 0.15) is 26.4 Å². The van der Waals surface area contributed by atoms with Crippen LogP contribution in [0, 0.1) is 20.8 Å². The highest BCUT2D eigenvalue weighted by Gasteiger charge is 2.14. The molecule has 1 amide bonds. The number of nitrogens with one attached hydrogen (secondary N) is 1. The lowest BCUT2D eigenvalue weighted by Gasteiger charge is -2.10. The van der Waals surface area contributed by atoms with Crippen LogP contribution < -0.4 is 5.32 Å². The second-order valence-electron chi connectivity index (χ2n) is 6.61. The smallest absolute Gasteiger partial charge is 0.257 e. The molecule has 5 nitrogen and oxygen atoms in total. The van der Waals surface area contributed by atoms with E-state index in [0.717, 1.165) is 32.9 Å². The highest BCUT2D eigenvalue weighted by atomic mass is 32.1. The zero-order chi connectivity index (χ0) is 19.7. The third-order valence-corrected chi connectivity index (χ3v) is 5.69. The molecule has 6 heteroatoms. The molecule has 4 rings (SSSR count). The van der Waals surface area contributed by atoms with E-state index in [-0.39, 0.29) is 5.91 Å². The number of pyridine rings is 1. The van der Waals surface area contributed by atoms with Gasteiger partial charge in [-0.3, -0.25) is 4.79 Å². The average Bonchev–Trinajstić information content (AvgIpc) is 3.32. The number of benzene rings is 1. The van der Waals surface area contributed by atoms with Gasteiger partial charge in [-0.05, 0) is 55.7 Å². The van der Waals surface area contributed by atoms with E-state index in [4.69, 9.17) is 4.52 Å². The second-order valence-corrected chi connectivity index (χ2v) is 7.87. The Labute approximate surface area is 167 Å². The summed E-state index contributed by atoms with van der Waals surface area (Å²) < 4.78 is 5.25. The summed E-state index contributed by atoms with van der Waals surface area (Å²) >= 11 is 1.65. The van der Waals surface area contributed by atoms with Gasteiger partial charge in [0.1, 0.15) is 5.82 Å². The average molecular weight is 389 g/mol. The first-order chi connectivity index (χ1) is 13.5. The van der Waals surface area contributed by atoms with Crippen LogP contribution >= 0.6 is 11.3 Å². The van der Waals surface area contributed by atoms with Gasteiger partial charge in [-0.15, -0.1) is 11.3 Å². The van der Waals surface area contributed by atoms with Gasteiger partial charge in [-0.1, -0.05) is 23.4 Å². The Morgan fingerprint density at radius 3 is 2.50 bits per heavy atom. The molecule has 0 atom stereocenters. The van der Waals surface area contributed by atoms with E-state index in [9.17, 15) is 4.79 Å². The molecule has 1 N–H and O–H groups in total. The molecule has 0 spiro atoms. The van der Waals surface area contributed by atoms with E-state index in [1.54, 1.807) is 23.7 Å². The zero-order valence-corrected chi connectivity index (χ0v) is 16.6. The van der Waals surface area contributed by atoms with Crippen molar-refractivity contribution in [3.8, 4) is 21.8 Å². The minimum absolute atomic E-state index is 0.143. The van der Waals surface area contributed by atoms with Gasteiger partial charge in [0, 0.05) is 28.3 Å². The Bertz CT molecular complexity index is 1110. The number of amides is 1. The number of anilines is 1. The van der Waals surface area contributed by atoms with Crippen molar-refractivity contribution in [1.29, 1.82) is 0 Å². The van der Waals surface area contributed by atoms with E-state index in [2.05, 4.69) is 28.4 Å². The molecule has 0 aliphatic heterocycles. The summed E-state index contributed by atoms with van der Waals surface area (Å²) in [7, 11) is 0. The third-order valence-electron chi connectivity index (χ3n) is 4.62. The number of rotatable bonds is 4. The van der Waals surface area contributed by atoms with Gasteiger partial charge >= 0.3 is 0 Å². The first-order valence-electron chi connectivity index (χ1n) is 8.88. The zero-order valence-electron chi connectivity index (χ0n) is 15.8. The molecule has 0 aliphatic carbocycles. The number of aryl methyl sites for hydroxylation is 3. The number of hydrogen-bond donors (Lipinski definition) is 1. The minimum Gasteiger partial charge on any atom is -0.355 e. The summed E-state index contributed by atoms with van der Waals surface area (Å²) in [5, 5.41) is 6.66. The number of thiophene rings is 1. The largest absolute Gasteiger partial charge is 0.355 e. The van der Waals surface area contributed by atoms with Gasteiger partial charge in [0.15, 0.2) is 5.76 Å². The Morgan fingerprint density at radius 1 is 1.07 bits per heavy atom. The lowest BCUT2D eigenvalue weighted by atomic mass is 10.0. The Kier molecular flexibility index (Phi) is 4.79. The fourth-order valence-electron chi connectivity index (χ4n) is 3.21. The topological polar surface area (TPSA) is 68.0 Å². The van der Waals surface area contributed by atoms with Gasteiger partial charge in [0.05, 0.1) is 11.1 Å². The molecule has 0 fully saturated rings. The van der Waals surface area contributed by atoms with Crippen LogP contribution in [0.3, 0.4) is 0 Å². The van der Waals surface area contributed by atoms with E-state index in [1.165, 1.54) is 4.88 Å². The molecule has 3 aromatic heterocycles. The number of nitrogens with zero attached hydrogens (tertiary/aromatic N) is 2. The molecule has 0 saturated heterocycles. The monoisotopic (exact) mass is 389 g/mol. The van der Waals surface area contributed by atoms with Crippen LogP contribution in [-0.4, -0.2) is 16.0 Å². The Hall–Kier alpha value is -3.25. The SMILES string of the molecule is Cc1cccc(C)c1C(=O)Nc1ccc(-c2cc(-c3ccno3)sc2C)cn1. The molecule has 0 radical (unpaired) electrons. The van der Waals surface area contributed by atoms with Crippen molar-refractivity contribution >= 4 is 23.1 Å². The molecule has 0 bridgehead atoms. The fraction of sp³-hybridized carbons (Fsp3) is 0.136. The van der Waals surface area contributed by atoms with Crippen LogP contribution in [0.25, 0.3) is 21.8 Å². The maximum absolute atomic E-state index is 12.6. The minimum atomic E-state index is -0.143. The van der Waals surface area contributed by atoms with Gasteiger partial charge in [-0.25, -0.2) is 4.98 Å². The molecule has 140 valence electrons. The summed E-state index contributed by atoms with van der Waals surface area (Å²) in [4.78, 5) is 19.3. The van der Waals surface area contributed by atoms with Crippen molar-refractivity contribution in [2.45, 2.75) is 20.8 Å². The highest BCUT2D eigenvalue weighted by Crippen LogP contribution is 2.36. The summed E-state index contributed by atoms with van der Waals surface area (Å²) in [6, 6.07) is 13.5. The number of aromatic nitrogens is 2. The second kappa shape index (κ2) is 7.40. The predicted molar refractivity (Wildman–Crippen MR) is 112 cm³/mol. The first-order valence-corrected chi connectivity index (χ1v) is 9.70. The van der Waals surface area contributed by atoms with Crippen molar-refractivity contribution in [2.24, 2.45) is 0 Å². The van der Waals surface area contributed by atoms with Gasteiger partial charge in [0.25, 0.3) is 5.91 Å². The molecule has 28 heavy (non-hydrogen) atoms. The van der Waals surface area contributed by atoms with E-state index < -0.39 is 0 Å². The quantitative estimate of drug-likeness (QED) is 0.490. The summed E-state index contributed by atoms with van der Waals surface area (Å²) in [5.41, 5.74) is 4.67. The Balaban J connectivity index is 1.56. The normalized spacial score (nSPS) is 10.8. The molecule has 0 unspecified atom stereocenters. The lowest BCUT2D eigenvalue weighted by molar-refractivity contribution is 0.102. The van der Waals surface area contributed by atoms with E-state index in [0.29, 0.717) is 11.4 Å². The molecular formula is C22H19N3O2S. The molecule has 4 aromatic rings. The first kappa shape index (κ1) is 18.1. The number of carbonyl (C=O) groups excluding carboxylic acids is 1. The molecule has 1 aromatic carbocycles. The van der Waals surface area contributed by atoms with Crippen LogP contribution in [0.5, 0.6) is 0 Å². The summed E-state index contributed by atoms with van der Waals surface area (Å²) in [5.74, 6) is 1.14. The van der Waals surface area contributed by atoms with Crippen molar-refractivity contribution in [2.75, 3.05) is 5.32 Å². The van der Waals surface area contributed by atoms with Crippen molar-refractivity contribution < 1.29 is 9.32 Å². The number of carbonyl (C=O) groups is 1. The van der Waals surface area contributed by atoms with Crippen LogP contribution in [0.4, 0.5) is 5.82 Å². The van der Waals surface area contributed by atoms with Crippen molar-refractivity contribution in [3.63, 3.8) is 0 Å². The summed E-state index contributed by atoms with van der Waals surface area (Å²) in [6.07, 6.45) is 3.42. The van der Waals surface area contributed by atoms with Gasteiger partial charge in [0.2, 0.25) is 0 Å². The molecule has 3 heterocycles. The maximum atomic E-state index is 12.6. The van der Waals surface area contributed by atoms with Crippen LogP contribution in [0.15, 0.2) is 59.4 Å². The van der Waals surface area contributed by atoms with Crippen LogP contribution in [-0.2, 0) is 0 Å². The molecular weight excluding hydrogens is 370 g/mol.